The zero-order valence-electron chi connectivity index (χ0n) is 12.6. The molecule has 0 radical (unpaired) electrons. The molecule has 1 rings (SSSR count). The first-order chi connectivity index (χ1) is 9.22. The molecule has 1 aliphatic heterocycles. The third kappa shape index (κ3) is 4.80. The van der Waals surface area contributed by atoms with E-state index in [1.54, 1.807) is 21.3 Å². The Morgan fingerprint density at radius 1 is 1.16 bits per heavy atom. The number of ether oxygens (including phenoxy) is 2. The quantitative estimate of drug-likeness (QED) is 0.431. The van der Waals surface area contributed by atoms with Gasteiger partial charge in [-0.3, -0.25) is 0 Å². The molecule has 1 heterocycles. The molecule has 2 atom stereocenters. The van der Waals surface area contributed by atoms with Crippen molar-refractivity contribution in [1.29, 1.82) is 0 Å². The smallest absolute Gasteiger partial charge is 0.378 e. The summed E-state index contributed by atoms with van der Waals surface area (Å²) in [5.74, 6) is 0. The monoisotopic (exact) mass is 292 g/mol. The van der Waals surface area contributed by atoms with Gasteiger partial charge in [-0.25, -0.2) is 0 Å². The zero-order valence-corrected chi connectivity index (χ0v) is 13.6. The predicted octanol–water partition coefficient (Wildman–Crippen LogP) is 2.16. The van der Waals surface area contributed by atoms with Crippen molar-refractivity contribution < 1.29 is 22.8 Å². The number of unbranched alkanes of at least 4 members (excludes halogenated alkanes) is 1. The fraction of sp³-hybridized carbons (Fsp3) is 1.00. The summed E-state index contributed by atoms with van der Waals surface area (Å²) in [5, 5.41) is 0. The molecule has 0 N–H and O–H groups in total. The molecule has 1 saturated heterocycles. The van der Waals surface area contributed by atoms with E-state index in [1.165, 1.54) is 6.42 Å². The van der Waals surface area contributed by atoms with Crippen molar-refractivity contribution in [3.63, 3.8) is 0 Å². The van der Waals surface area contributed by atoms with E-state index in [4.69, 9.17) is 22.8 Å². The summed E-state index contributed by atoms with van der Waals surface area (Å²) >= 11 is 0. The molecular formula is C13H28O5Si. The summed E-state index contributed by atoms with van der Waals surface area (Å²) in [6.45, 7) is 3.71. The van der Waals surface area contributed by atoms with E-state index in [0.29, 0.717) is 6.10 Å². The summed E-state index contributed by atoms with van der Waals surface area (Å²) < 4.78 is 27.7. The Labute approximate surface area is 117 Å². The zero-order chi connectivity index (χ0) is 14.1. The van der Waals surface area contributed by atoms with Gasteiger partial charge in [0.15, 0.2) is 0 Å². The van der Waals surface area contributed by atoms with Crippen LogP contribution in [-0.2, 0) is 22.8 Å². The van der Waals surface area contributed by atoms with Gasteiger partial charge >= 0.3 is 8.80 Å². The third-order valence-corrected chi connectivity index (χ3v) is 6.72. The molecule has 0 aromatic heterocycles. The molecule has 1 fully saturated rings. The van der Waals surface area contributed by atoms with Gasteiger partial charge in [-0.1, -0.05) is 6.92 Å². The molecule has 6 heteroatoms. The van der Waals surface area contributed by atoms with Crippen LogP contribution in [0.4, 0.5) is 0 Å². The van der Waals surface area contributed by atoms with Crippen LogP contribution in [0, 0.1) is 0 Å². The minimum atomic E-state index is -2.67. The van der Waals surface area contributed by atoms with Crippen LogP contribution in [0.5, 0.6) is 0 Å². The van der Waals surface area contributed by atoms with Crippen LogP contribution in [0.2, 0.25) is 0 Å². The van der Waals surface area contributed by atoms with Crippen molar-refractivity contribution in [1.82, 2.24) is 0 Å². The van der Waals surface area contributed by atoms with Crippen LogP contribution in [0.3, 0.4) is 0 Å². The molecule has 5 nitrogen and oxygen atoms in total. The van der Waals surface area contributed by atoms with Crippen LogP contribution in [0.1, 0.15) is 39.0 Å². The Bertz CT molecular complexity index is 223. The van der Waals surface area contributed by atoms with Gasteiger partial charge in [0.05, 0.1) is 6.10 Å². The topological polar surface area (TPSA) is 46.2 Å². The predicted molar refractivity (Wildman–Crippen MR) is 75.0 cm³/mol. The van der Waals surface area contributed by atoms with Gasteiger partial charge in [-0.15, -0.1) is 0 Å². The van der Waals surface area contributed by atoms with E-state index >= 15 is 0 Å². The van der Waals surface area contributed by atoms with Crippen molar-refractivity contribution in [2.24, 2.45) is 0 Å². The van der Waals surface area contributed by atoms with Crippen LogP contribution in [0.25, 0.3) is 0 Å². The van der Waals surface area contributed by atoms with E-state index in [0.717, 1.165) is 38.9 Å². The van der Waals surface area contributed by atoms with E-state index < -0.39 is 8.80 Å². The van der Waals surface area contributed by atoms with Gasteiger partial charge in [0.25, 0.3) is 0 Å². The molecule has 0 aliphatic carbocycles. The fourth-order valence-electron chi connectivity index (χ4n) is 2.33. The maximum atomic E-state index is 5.91. The molecule has 0 aromatic carbocycles. The van der Waals surface area contributed by atoms with Gasteiger partial charge in [0, 0.05) is 34.5 Å². The lowest BCUT2D eigenvalue weighted by molar-refractivity contribution is -0.0569. The van der Waals surface area contributed by atoms with Gasteiger partial charge in [0.2, 0.25) is 0 Å². The molecule has 2 unspecified atom stereocenters. The van der Waals surface area contributed by atoms with E-state index in [-0.39, 0.29) is 5.73 Å². The summed E-state index contributed by atoms with van der Waals surface area (Å²) in [6, 6.07) is 0. The Balaban J connectivity index is 2.22. The minimum Gasteiger partial charge on any atom is -0.378 e. The normalized spacial score (nSPS) is 21.2. The minimum absolute atomic E-state index is 0.0903. The molecule has 0 amide bonds. The highest BCUT2D eigenvalue weighted by atomic mass is 28.4. The van der Waals surface area contributed by atoms with Crippen LogP contribution in [0.15, 0.2) is 0 Å². The summed E-state index contributed by atoms with van der Waals surface area (Å²) in [5.41, 5.74) is -0.0903. The average molecular weight is 292 g/mol. The molecule has 0 spiro atoms. The SMILES string of the molecule is CCC(OCCCCC1CCO1)[Si](OC)(OC)OC. The Kier molecular flexibility index (Phi) is 8.13. The molecular weight excluding hydrogens is 264 g/mol. The van der Waals surface area contributed by atoms with E-state index in [2.05, 4.69) is 6.92 Å². The summed E-state index contributed by atoms with van der Waals surface area (Å²) in [7, 11) is 2.20. The first-order valence-corrected chi connectivity index (χ1v) is 8.91. The maximum Gasteiger partial charge on any atom is 0.530 e. The molecule has 0 bridgehead atoms. The Morgan fingerprint density at radius 2 is 1.79 bits per heavy atom. The first-order valence-electron chi connectivity index (χ1n) is 7.11. The highest BCUT2D eigenvalue weighted by molar-refractivity contribution is 6.62. The van der Waals surface area contributed by atoms with Crippen LogP contribution in [-0.4, -0.2) is 55.2 Å². The lowest BCUT2D eigenvalue weighted by Crippen LogP contribution is -2.55. The first kappa shape index (κ1) is 17.1. The number of rotatable bonds is 11. The molecule has 0 saturated carbocycles. The number of hydrogen-bond donors (Lipinski definition) is 0. The highest BCUT2D eigenvalue weighted by Crippen LogP contribution is 2.20. The van der Waals surface area contributed by atoms with Gasteiger partial charge in [-0.2, -0.15) is 0 Å². The lowest BCUT2D eigenvalue weighted by Gasteiger charge is -2.31. The van der Waals surface area contributed by atoms with Crippen molar-refractivity contribution in [2.75, 3.05) is 34.5 Å². The second-order valence-electron chi connectivity index (χ2n) is 4.76. The average Bonchev–Trinajstić information content (AvgIpc) is 2.40. The highest BCUT2D eigenvalue weighted by Gasteiger charge is 2.47. The van der Waals surface area contributed by atoms with Crippen LogP contribution >= 0.6 is 0 Å². The van der Waals surface area contributed by atoms with Crippen molar-refractivity contribution >= 4 is 8.80 Å². The Hall–Kier alpha value is 0.0169. The van der Waals surface area contributed by atoms with Gasteiger partial charge in [0.1, 0.15) is 5.73 Å². The molecule has 1 aliphatic rings. The third-order valence-electron chi connectivity index (χ3n) is 3.65. The fourth-order valence-corrected chi connectivity index (χ4v) is 4.44. The van der Waals surface area contributed by atoms with Crippen molar-refractivity contribution in [2.45, 2.75) is 50.9 Å². The summed E-state index contributed by atoms with van der Waals surface area (Å²) in [6.07, 6.45) is 5.86. The van der Waals surface area contributed by atoms with Crippen molar-refractivity contribution in [3.8, 4) is 0 Å². The second-order valence-corrected chi connectivity index (χ2v) is 7.84. The number of hydrogen-bond acceptors (Lipinski definition) is 5. The second kappa shape index (κ2) is 9.04. The Morgan fingerprint density at radius 3 is 2.21 bits per heavy atom. The van der Waals surface area contributed by atoms with Gasteiger partial charge in [-0.05, 0) is 32.1 Å². The molecule has 0 aromatic rings. The van der Waals surface area contributed by atoms with E-state index in [9.17, 15) is 0 Å². The van der Waals surface area contributed by atoms with E-state index in [1.807, 2.05) is 0 Å². The van der Waals surface area contributed by atoms with Gasteiger partial charge < -0.3 is 22.8 Å². The maximum absolute atomic E-state index is 5.91. The standard InChI is InChI=1S/C13H28O5Si/c1-5-13(19(14-2,15-3)16-4)18-10-7-6-8-12-9-11-17-12/h12-13H,5-11H2,1-4H3. The molecule has 19 heavy (non-hydrogen) atoms. The lowest BCUT2D eigenvalue weighted by atomic mass is 10.1. The molecule has 114 valence electrons. The largest absolute Gasteiger partial charge is 0.530 e. The van der Waals surface area contributed by atoms with Crippen molar-refractivity contribution in [3.05, 3.63) is 0 Å². The van der Waals surface area contributed by atoms with Crippen LogP contribution < -0.4 is 0 Å². The summed E-state index contributed by atoms with van der Waals surface area (Å²) in [4.78, 5) is 0.